The topological polar surface area (TPSA) is 52.2 Å². The Bertz CT molecular complexity index is 898. The predicted molar refractivity (Wildman–Crippen MR) is 108 cm³/mol. The van der Waals surface area contributed by atoms with Crippen LogP contribution in [0.4, 0.5) is 0 Å². The maximum absolute atomic E-state index is 9.89. The Labute approximate surface area is 160 Å². The zero-order chi connectivity index (χ0) is 18.8. The average Bonchev–Trinajstić information content (AvgIpc) is 3.11. The minimum Gasteiger partial charge on any atom is -0.508 e. The van der Waals surface area contributed by atoms with Crippen molar-refractivity contribution in [2.75, 3.05) is 6.54 Å². The molecule has 3 aromatic rings. The first-order valence-electron chi connectivity index (χ1n) is 9.69. The highest BCUT2D eigenvalue weighted by molar-refractivity contribution is 5.37. The number of phenolic OH excluding ortho intramolecular Hbond substituents is 1. The van der Waals surface area contributed by atoms with Gasteiger partial charge in [0, 0.05) is 25.6 Å². The van der Waals surface area contributed by atoms with E-state index < -0.39 is 0 Å². The molecule has 1 unspecified atom stereocenters. The van der Waals surface area contributed by atoms with E-state index in [2.05, 4.69) is 59.0 Å². The number of aromatic hydroxyl groups is 1. The number of hydrogen-bond donors (Lipinski definition) is 2. The molecule has 4 rings (SSSR count). The maximum atomic E-state index is 9.89. The van der Waals surface area contributed by atoms with E-state index in [0.717, 1.165) is 37.3 Å². The molecule has 4 heteroatoms. The van der Waals surface area contributed by atoms with Crippen molar-refractivity contribution in [2.45, 2.75) is 39.3 Å². The van der Waals surface area contributed by atoms with Crippen LogP contribution in [0, 0.1) is 5.92 Å². The molecule has 0 saturated heterocycles. The summed E-state index contributed by atoms with van der Waals surface area (Å²) in [6, 6.07) is 16.6. The van der Waals surface area contributed by atoms with Crippen LogP contribution in [-0.2, 0) is 19.5 Å². The number of benzene rings is 2. The Balaban J connectivity index is 1.53. The monoisotopic (exact) mass is 361 g/mol. The molecule has 0 spiro atoms. The summed E-state index contributed by atoms with van der Waals surface area (Å²) in [5.41, 5.74) is 6.12. The molecular formula is C23H27N3O. The molecule has 1 aliphatic heterocycles. The van der Waals surface area contributed by atoms with Crippen molar-refractivity contribution in [3.8, 4) is 5.75 Å². The number of rotatable bonds is 5. The van der Waals surface area contributed by atoms with E-state index in [1.807, 2.05) is 12.1 Å². The van der Waals surface area contributed by atoms with Gasteiger partial charge in [0.25, 0.3) is 0 Å². The van der Waals surface area contributed by atoms with Crippen LogP contribution in [0.1, 0.15) is 47.8 Å². The number of hydrogen-bond acceptors (Lipinski definition) is 3. The molecule has 2 heterocycles. The van der Waals surface area contributed by atoms with Crippen molar-refractivity contribution >= 4 is 0 Å². The van der Waals surface area contributed by atoms with Gasteiger partial charge >= 0.3 is 0 Å². The Kier molecular flexibility index (Phi) is 4.99. The first kappa shape index (κ1) is 17.8. The molecule has 0 amide bonds. The van der Waals surface area contributed by atoms with Gasteiger partial charge in [0.1, 0.15) is 5.75 Å². The van der Waals surface area contributed by atoms with Gasteiger partial charge in [-0.3, -0.25) is 4.90 Å². The molecule has 0 fully saturated rings. The van der Waals surface area contributed by atoms with Gasteiger partial charge in [-0.05, 0) is 41.2 Å². The molecule has 27 heavy (non-hydrogen) atoms. The van der Waals surface area contributed by atoms with E-state index in [1.54, 1.807) is 12.4 Å². The molecule has 1 aromatic heterocycles. The van der Waals surface area contributed by atoms with Gasteiger partial charge in [-0.15, -0.1) is 0 Å². The minimum absolute atomic E-state index is 0.173. The zero-order valence-corrected chi connectivity index (χ0v) is 16.0. The van der Waals surface area contributed by atoms with Crippen LogP contribution in [0.3, 0.4) is 0 Å². The Morgan fingerprint density at radius 3 is 2.67 bits per heavy atom. The van der Waals surface area contributed by atoms with Crippen LogP contribution >= 0.6 is 0 Å². The lowest BCUT2D eigenvalue weighted by Gasteiger charge is -2.32. The number of aromatic amines is 1. The largest absolute Gasteiger partial charge is 0.508 e. The van der Waals surface area contributed by atoms with Crippen molar-refractivity contribution < 1.29 is 5.11 Å². The fourth-order valence-electron chi connectivity index (χ4n) is 4.03. The molecule has 0 bridgehead atoms. The number of imidazole rings is 1. The van der Waals surface area contributed by atoms with Gasteiger partial charge in [-0.2, -0.15) is 0 Å². The van der Waals surface area contributed by atoms with Crippen LogP contribution in [-0.4, -0.2) is 26.5 Å². The summed E-state index contributed by atoms with van der Waals surface area (Å²) in [7, 11) is 0. The summed E-state index contributed by atoms with van der Waals surface area (Å²) in [5.74, 6) is 1.16. The Morgan fingerprint density at radius 2 is 1.93 bits per heavy atom. The second kappa shape index (κ2) is 7.57. The van der Waals surface area contributed by atoms with E-state index in [-0.39, 0.29) is 5.92 Å². The summed E-state index contributed by atoms with van der Waals surface area (Å²) >= 11 is 0. The SMILES string of the molecule is CC(C)Cc1ccc(CN2Cc3[nH]cnc3C(c3cccc(O)c3)C2)cc1. The van der Waals surface area contributed by atoms with Gasteiger partial charge in [-0.25, -0.2) is 4.98 Å². The van der Waals surface area contributed by atoms with Gasteiger partial charge in [0.2, 0.25) is 0 Å². The van der Waals surface area contributed by atoms with Crippen molar-refractivity contribution in [1.29, 1.82) is 0 Å². The number of H-pyrrole nitrogens is 1. The molecule has 140 valence electrons. The summed E-state index contributed by atoms with van der Waals surface area (Å²) in [5, 5.41) is 9.89. The van der Waals surface area contributed by atoms with Gasteiger partial charge < -0.3 is 10.1 Å². The highest BCUT2D eigenvalue weighted by Gasteiger charge is 2.29. The van der Waals surface area contributed by atoms with Gasteiger partial charge in [0.15, 0.2) is 0 Å². The van der Waals surface area contributed by atoms with Crippen LogP contribution in [0.2, 0.25) is 0 Å². The van der Waals surface area contributed by atoms with Crippen molar-refractivity contribution in [1.82, 2.24) is 14.9 Å². The fraction of sp³-hybridized carbons (Fsp3) is 0.348. The van der Waals surface area contributed by atoms with E-state index in [9.17, 15) is 5.11 Å². The molecule has 2 aromatic carbocycles. The van der Waals surface area contributed by atoms with E-state index in [4.69, 9.17) is 0 Å². The van der Waals surface area contributed by atoms with Gasteiger partial charge in [-0.1, -0.05) is 50.2 Å². The van der Waals surface area contributed by atoms with Crippen molar-refractivity contribution in [3.05, 3.63) is 82.9 Å². The normalized spacial score (nSPS) is 17.2. The lowest BCUT2D eigenvalue weighted by atomic mass is 9.90. The predicted octanol–water partition coefficient (Wildman–Crippen LogP) is 4.46. The van der Waals surface area contributed by atoms with E-state index in [1.165, 1.54) is 16.8 Å². The summed E-state index contributed by atoms with van der Waals surface area (Å²) in [6.07, 6.45) is 2.91. The molecule has 0 aliphatic carbocycles. The molecule has 2 N–H and O–H groups in total. The van der Waals surface area contributed by atoms with E-state index >= 15 is 0 Å². The maximum Gasteiger partial charge on any atom is 0.115 e. The fourth-order valence-corrected chi connectivity index (χ4v) is 4.03. The minimum atomic E-state index is 0.173. The Hall–Kier alpha value is -2.59. The molecule has 1 atom stereocenters. The number of phenols is 1. The number of aromatic nitrogens is 2. The van der Waals surface area contributed by atoms with Crippen LogP contribution < -0.4 is 0 Å². The summed E-state index contributed by atoms with van der Waals surface area (Å²) in [6.45, 7) is 7.19. The average molecular weight is 361 g/mol. The smallest absolute Gasteiger partial charge is 0.115 e. The third kappa shape index (κ3) is 4.06. The lowest BCUT2D eigenvalue weighted by Crippen LogP contribution is -2.33. The zero-order valence-electron chi connectivity index (χ0n) is 16.0. The molecule has 1 aliphatic rings. The third-order valence-corrected chi connectivity index (χ3v) is 5.25. The van der Waals surface area contributed by atoms with E-state index in [0.29, 0.717) is 11.7 Å². The van der Waals surface area contributed by atoms with Crippen LogP contribution in [0.5, 0.6) is 5.75 Å². The number of nitrogens with one attached hydrogen (secondary N) is 1. The third-order valence-electron chi connectivity index (χ3n) is 5.25. The summed E-state index contributed by atoms with van der Waals surface area (Å²) in [4.78, 5) is 10.3. The van der Waals surface area contributed by atoms with Crippen molar-refractivity contribution in [2.24, 2.45) is 5.92 Å². The second-order valence-electron chi connectivity index (χ2n) is 8.00. The highest BCUT2D eigenvalue weighted by Crippen LogP contribution is 2.33. The highest BCUT2D eigenvalue weighted by atomic mass is 16.3. The van der Waals surface area contributed by atoms with Crippen LogP contribution in [0.15, 0.2) is 54.9 Å². The Morgan fingerprint density at radius 1 is 1.15 bits per heavy atom. The second-order valence-corrected chi connectivity index (χ2v) is 8.00. The molecule has 0 radical (unpaired) electrons. The number of fused-ring (bicyclic) bond motifs is 1. The standard InChI is InChI=1S/C23H27N3O/c1-16(2)10-17-6-8-18(9-7-17)12-26-13-21(19-4-3-5-20(27)11-19)23-22(14-26)24-15-25-23/h3-9,11,15-16,21,27H,10,12-14H2,1-2H3,(H,24,25). The van der Waals surface area contributed by atoms with Crippen LogP contribution in [0.25, 0.3) is 0 Å². The van der Waals surface area contributed by atoms with Crippen molar-refractivity contribution in [3.63, 3.8) is 0 Å². The first-order chi connectivity index (χ1) is 13.1. The first-order valence-corrected chi connectivity index (χ1v) is 9.69. The lowest BCUT2D eigenvalue weighted by molar-refractivity contribution is 0.227. The number of nitrogens with zero attached hydrogens (tertiary/aromatic N) is 2. The quantitative estimate of drug-likeness (QED) is 0.705. The summed E-state index contributed by atoms with van der Waals surface area (Å²) < 4.78 is 0. The molecule has 4 nitrogen and oxygen atoms in total. The molecule has 0 saturated carbocycles. The molecular weight excluding hydrogens is 334 g/mol. The van der Waals surface area contributed by atoms with Gasteiger partial charge in [0.05, 0.1) is 17.7 Å².